The number of hydrogen-bond acceptors (Lipinski definition) is 4. The summed E-state index contributed by atoms with van der Waals surface area (Å²) in [4.78, 5) is 38.3. The average Bonchev–Trinajstić information content (AvgIpc) is 3.10. The van der Waals surface area contributed by atoms with Gasteiger partial charge in [-0.15, -0.1) is 0 Å². The molecule has 3 amide bonds. The minimum atomic E-state index is -0.431. The molecule has 2 heterocycles. The number of hydrogen-bond donors (Lipinski definition) is 2. The Kier molecular flexibility index (Phi) is 5.20. The SMILES string of the molecule is CCCc1ccc(N2C[C@@H](C(=O)Nc3ccc4c(c3)NC(=O)CO4)CC2=O)cc1. The molecule has 2 aliphatic rings. The number of benzene rings is 2. The number of anilines is 3. The van der Waals surface area contributed by atoms with Gasteiger partial charge in [0, 0.05) is 24.3 Å². The predicted molar refractivity (Wildman–Crippen MR) is 110 cm³/mol. The second-order valence-electron chi connectivity index (χ2n) is 7.36. The maximum Gasteiger partial charge on any atom is 0.262 e. The van der Waals surface area contributed by atoms with Crippen LogP contribution in [0.1, 0.15) is 25.3 Å². The van der Waals surface area contributed by atoms with Crippen LogP contribution >= 0.6 is 0 Å². The molecule has 0 spiro atoms. The molecule has 0 bridgehead atoms. The first-order valence-corrected chi connectivity index (χ1v) is 9.80. The van der Waals surface area contributed by atoms with Crippen LogP contribution in [0.4, 0.5) is 17.1 Å². The Morgan fingerprint density at radius 2 is 2.00 bits per heavy atom. The molecule has 1 atom stereocenters. The number of carbonyl (C=O) groups excluding carboxylic acids is 3. The summed E-state index contributed by atoms with van der Waals surface area (Å²) in [7, 11) is 0. The number of amides is 3. The van der Waals surface area contributed by atoms with Crippen LogP contribution in [0.5, 0.6) is 5.75 Å². The van der Waals surface area contributed by atoms with Crippen molar-refractivity contribution in [3.8, 4) is 5.75 Å². The zero-order valence-electron chi connectivity index (χ0n) is 16.2. The zero-order valence-corrected chi connectivity index (χ0v) is 16.2. The molecule has 4 rings (SSSR count). The van der Waals surface area contributed by atoms with Gasteiger partial charge in [-0.1, -0.05) is 25.5 Å². The number of carbonyl (C=O) groups is 3. The number of aryl methyl sites for hydroxylation is 1. The highest BCUT2D eigenvalue weighted by Crippen LogP contribution is 2.31. The van der Waals surface area contributed by atoms with Gasteiger partial charge < -0.3 is 20.3 Å². The smallest absolute Gasteiger partial charge is 0.262 e. The molecule has 2 N–H and O–H groups in total. The topological polar surface area (TPSA) is 87.7 Å². The molecule has 29 heavy (non-hydrogen) atoms. The van der Waals surface area contributed by atoms with Gasteiger partial charge in [-0.2, -0.15) is 0 Å². The van der Waals surface area contributed by atoms with E-state index in [-0.39, 0.29) is 30.7 Å². The first kappa shape index (κ1) is 19.0. The molecule has 0 aliphatic carbocycles. The van der Waals surface area contributed by atoms with Crippen LogP contribution < -0.4 is 20.3 Å². The van der Waals surface area contributed by atoms with Crippen molar-refractivity contribution in [3.63, 3.8) is 0 Å². The van der Waals surface area contributed by atoms with Crippen LogP contribution in [-0.2, 0) is 20.8 Å². The van der Waals surface area contributed by atoms with E-state index in [1.165, 1.54) is 5.56 Å². The van der Waals surface area contributed by atoms with E-state index >= 15 is 0 Å². The molecule has 1 fully saturated rings. The predicted octanol–water partition coefficient (Wildman–Crippen LogP) is 2.96. The quantitative estimate of drug-likeness (QED) is 0.818. The maximum atomic E-state index is 12.7. The Bertz CT molecular complexity index is 955. The summed E-state index contributed by atoms with van der Waals surface area (Å²) in [6.07, 6.45) is 2.25. The van der Waals surface area contributed by atoms with Crippen LogP contribution in [0.15, 0.2) is 42.5 Å². The van der Waals surface area contributed by atoms with E-state index in [0.717, 1.165) is 18.5 Å². The Morgan fingerprint density at radius 3 is 2.76 bits per heavy atom. The van der Waals surface area contributed by atoms with Gasteiger partial charge in [0.25, 0.3) is 5.91 Å². The largest absolute Gasteiger partial charge is 0.482 e. The average molecular weight is 393 g/mol. The molecular formula is C22H23N3O4. The summed E-state index contributed by atoms with van der Waals surface area (Å²) in [6, 6.07) is 13.0. The first-order valence-electron chi connectivity index (χ1n) is 9.80. The molecule has 1 saturated heterocycles. The van der Waals surface area contributed by atoms with E-state index < -0.39 is 5.92 Å². The van der Waals surface area contributed by atoms with Crippen molar-refractivity contribution in [1.82, 2.24) is 0 Å². The third kappa shape index (κ3) is 4.08. The molecule has 2 aromatic carbocycles. The van der Waals surface area contributed by atoms with Crippen LogP contribution in [0.2, 0.25) is 0 Å². The second kappa shape index (κ2) is 7.95. The highest BCUT2D eigenvalue weighted by atomic mass is 16.5. The summed E-state index contributed by atoms with van der Waals surface area (Å²) in [5, 5.41) is 5.56. The van der Waals surface area contributed by atoms with Crippen LogP contribution in [0, 0.1) is 5.92 Å². The van der Waals surface area contributed by atoms with E-state index in [1.807, 2.05) is 24.3 Å². The lowest BCUT2D eigenvalue weighted by Gasteiger charge is -2.19. The van der Waals surface area contributed by atoms with Crippen molar-refractivity contribution in [1.29, 1.82) is 0 Å². The number of rotatable bonds is 5. The number of nitrogens with zero attached hydrogens (tertiary/aromatic N) is 1. The van der Waals surface area contributed by atoms with Gasteiger partial charge in [0.2, 0.25) is 11.8 Å². The zero-order chi connectivity index (χ0) is 20.4. The van der Waals surface area contributed by atoms with Crippen molar-refractivity contribution in [3.05, 3.63) is 48.0 Å². The molecule has 2 aromatic rings. The first-order chi connectivity index (χ1) is 14.0. The lowest BCUT2D eigenvalue weighted by atomic mass is 10.1. The monoisotopic (exact) mass is 393 g/mol. The Labute approximate surface area is 169 Å². The Hall–Kier alpha value is -3.35. The second-order valence-corrected chi connectivity index (χ2v) is 7.36. The summed E-state index contributed by atoms with van der Waals surface area (Å²) in [5.41, 5.74) is 3.13. The molecule has 0 saturated carbocycles. The normalized spacial score (nSPS) is 18.1. The third-order valence-corrected chi connectivity index (χ3v) is 5.16. The van der Waals surface area contributed by atoms with Crippen LogP contribution in [0.25, 0.3) is 0 Å². The van der Waals surface area contributed by atoms with Crippen LogP contribution in [0.3, 0.4) is 0 Å². The van der Waals surface area contributed by atoms with Gasteiger partial charge in [0.05, 0.1) is 11.6 Å². The highest BCUT2D eigenvalue weighted by molar-refractivity contribution is 6.04. The van der Waals surface area contributed by atoms with E-state index in [2.05, 4.69) is 17.6 Å². The van der Waals surface area contributed by atoms with Gasteiger partial charge in [0.1, 0.15) is 5.75 Å². The van der Waals surface area contributed by atoms with Gasteiger partial charge in [-0.25, -0.2) is 0 Å². The van der Waals surface area contributed by atoms with Crippen molar-refractivity contribution in [2.75, 3.05) is 28.7 Å². The summed E-state index contributed by atoms with van der Waals surface area (Å²) in [5.74, 6) is -0.370. The van der Waals surface area contributed by atoms with E-state index in [1.54, 1.807) is 23.1 Å². The van der Waals surface area contributed by atoms with Crippen molar-refractivity contribution in [2.45, 2.75) is 26.2 Å². The van der Waals surface area contributed by atoms with E-state index in [4.69, 9.17) is 4.74 Å². The minimum absolute atomic E-state index is 0.0157. The molecule has 0 aromatic heterocycles. The van der Waals surface area contributed by atoms with Crippen molar-refractivity contribution in [2.24, 2.45) is 5.92 Å². The minimum Gasteiger partial charge on any atom is -0.482 e. The lowest BCUT2D eigenvalue weighted by Crippen LogP contribution is -2.28. The number of ether oxygens (including phenoxy) is 1. The van der Waals surface area contributed by atoms with E-state index in [0.29, 0.717) is 23.7 Å². The molecule has 7 heteroatoms. The maximum absolute atomic E-state index is 12.7. The molecule has 0 radical (unpaired) electrons. The fourth-order valence-electron chi connectivity index (χ4n) is 3.67. The Morgan fingerprint density at radius 1 is 1.21 bits per heavy atom. The van der Waals surface area contributed by atoms with Gasteiger partial charge in [-0.3, -0.25) is 14.4 Å². The van der Waals surface area contributed by atoms with Gasteiger partial charge in [0.15, 0.2) is 6.61 Å². The lowest BCUT2D eigenvalue weighted by molar-refractivity contribution is -0.122. The summed E-state index contributed by atoms with van der Waals surface area (Å²) < 4.78 is 5.32. The fraction of sp³-hybridized carbons (Fsp3) is 0.318. The standard InChI is InChI=1S/C22H23N3O4/c1-2-3-14-4-7-17(8-5-14)25-12-15(10-21(25)27)22(28)23-16-6-9-19-18(11-16)24-20(26)13-29-19/h4-9,11,15H,2-3,10,12-13H2,1H3,(H,23,28)(H,24,26)/t15-/m0/s1. The summed E-state index contributed by atoms with van der Waals surface area (Å²) >= 11 is 0. The van der Waals surface area contributed by atoms with Crippen molar-refractivity contribution >= 4 is 34.8 Å². The fourth-order valence-corrected chi connectivity index (χ4v) is 3.67. The highest BCUT2D eigenvalue weighted by Gasteiger charge is 2.35. The molecule has 7 nitrogen and oxygen atoms in total. The molecule has 150 valence electrons. The summed E-state index contributed by atoms with van der Waals surface area (Å²) in [6.45, 7) is 2.46. The van der Waals surface area contributed by atoms with Gasteiger partial charge >= 0.3 is 0 Å². The molecular weight excluding hydrogens is 370 g/mol. The van der Waals surface area contributed by atoms with Crippen molar-refractivity contribution < 1.29 is 19.1 Å². The Balaban J connectivity index is 1.42. The number of nitrogens with one attached hydrogen (secondary N) is 2. The molecule has 2 aliphatic heterocycles. The molecule has 0 unspecified atom stereocenters. The third-order valence-electron chi connectivity index (χ3n) is 5.16. The number of fused-ring (bicyclic) bond motifs is 1. The van der Waals surface area contributed by atoms with E-state index in [9.17, 15) is 14.4 Å². The van der Waals surface area contributed by atoms with Crippen LogP contribution in [-0.4, -0.2) is 30.9 Å². The van der Waals surface area contributed by atoms with Gasteiger partial charge in [-0.05, 0) is 42.3 Å².